The summed E-state index contributed by atoms with van der Waals surface area (Å²) in [6, 6.07) is 11.9. The maximum Gasteiger partial charge on any atom is 0.416 e. The first kappa shape index (κ1) is 35.0. The SMILES string of the molecule is COC(=O)c1ccc(-c2cc(C3=C(CN4C(=O)O[C@H](c5cc(C(F)(F)F)cc(C(F)(F)F)c5)[C@@H]4C)CC(C)(C)CC3)ccc2C)c(C)c1. The fourth-order valence-electron chi connectivity index (χ4n) is 6.73. The lowest BCUT2D eigenvalue weighted by Crippen LogP contribution is -2.35. The van der Waals surface area contributed by atoms with Crippen LogP contribution in [0, 0.1) is 19.3 Å². The van der Waals surface area contributed by atoms with E-state index in [9.17, 15) is 35.9 Å². The van der Waals surface area contributed by atoms with Gasteiger partial charge in [0.1, 0.15) is 6.10 Å². The number of alkyl halides is 6. The summed E-state index contributed by atoms with van der Waals surface area (Å²) >= 11 is 0. The number of halogens is 6. The first-order valence-electron chi connectivity index (χ1n) is 15.6. The van der Waals surface area contributed by atoms with E-state index in [0.29, 0.717) is 30.5 Å². The van der Waals surface area contributed by atoms with Crippen molar-refractivity contribution in [2.24, 2.45) is 5.41 Å². The Labute approximate surface area is 275 Å². The van der Waals surface area contributed by atoms with Gasteiger partial charge >= 0.3 is 24.4 Å². The topological polar surface area (TPSA) is 55.8 Å². The second-order valence-electron chi connectivity index (χ2n) is 13.5. The molecule has 0 aromatic heterocycles. The van der Waals surface area contributed by atoms with Gasteiger partial charge in [0, 0.05) is 6.54 Å². The fourth-order valence-corrected chi connectivity index (χ4v) is 6.73. The molecule has 0 saturated carbocycles. The van der Waals surface area contributed by atoms with E-state index < -0.39 is 47.7 Å². The molecule has 11 heteroatoms. The maximum atomic E-state index is 13.6. The molecule has 1 aliphatic carbocycles. The van der Waals surface area contributed by atoms with Gasteiger partial charge in [-0.25, -0.2) is 9.59 Å². The quantitative estimate of drug-likeness (QED) is 0.193. The average Bonchev–Trinajstić information content (AvgIpc) is 3.28. The van der Waals surface area contributed by atoms with Crippen LogP contribution in [-0.4, -0.2) is 36.7 Å². The van der Waals surface area contributed by atoms with Gasteiger partial charge in [-0.15, -0.1) is 0 Å². The molecular weight excluding hydrogens is 636 g/mol. The third-order valence-corrected chi connectivity index (χ3v) is 9.39. The molecule has 3 aromatic carbocycles. The summed E-state index contributed by atoms with van der Waals surface area (Å²) in [6.07, 6.45) is -9.99. The molecule has 1 amide bonds. The molecule has 5 nitrogen and oxygen atoms in total. The van der Waals surface area contributed by atoms with Crippen LogP contribution in [0.25, 0.3) is 16.7 Å². The van der Waals surface area contributed by atoms with Crippen molar-refractivity contribution in [1.29, 1.82) is 0 Å². The number of nitrogens with zero attached hydrogens (tertiary/aromatic N) is 1. The molecule has 0 radical (unpaired) electrons. The van der Waals surface area contributed by atoms with Crippen molar-refractivity contribution in [2.75, 3.05) is 13.7 Å². The van der Waals surface area contributed by atoms with E-state index in [4.69, 9.17) is 9.47 Å². The van der Waals surface area contributed by atoms with Crippen molar-refractivity contribution in [3.63, 3.8) is 0 Å². The zero-order valence-electron chi connectivity index (χ0n) is 27.5. The number of amides is 1. The van der Waals surface area contributed by atoms with E-state index >= 15 is 0 Å². The molecule has 2 atom stereocenters. The maximum absolute atomic E-state index is 13.6. The number of benzene rings is 3. The Morgan fingerprint density at radius 2 is 1.56 bits per heavy atom. The van der Waals surface area contributed by atoms with Crippen molar-refractivity contribution < 1.29 is 45.4 Å². The Morgan fingerprint density at radius 1 is 0.917 bits per heavy atom. The number of hydrogen-bond donors (Lipinski definition) is 0. The Kier molecular flexibility index (Phi) is 9.22. The van der Waals surface area contributed by atoms with Crippen molar-refractivity contribution >= 4 is 17.6 Å². The van der Waals surface area contributed by atoms with Crippen molar-refractivity contribution in [3.05, 3.63) is 99.1 Å². The summed E-state index contributed by atoms with van der Waals surface area (Å²) in [4.78, 5) is 26.7. The van der Waals surface area contributed by atoms with Crippen LogP contribution < -0.4 is 0 Å². The molecule has 256 valence electrons. The molecule has 0 spiro atoms. The van der Waals surface area contributed by atoms with Crippen LogP contribution in [-0.2, 0) is 21.8 Å². The van der Waals surface area contributed by atoms with Crippen LogP contribution in [0.5, 0.6) is 0 Å². The van der Waals surface area contributed by atoms with Crippen molar-refractivity contribution in [1.82, 2.24) is 4.90 Å². The summed E-state index contributed by atoms with van der Waals surface area (Å²) in [6.45, 7) is 9.82. The minimum atomic E-state index is -5.02. The van der Waals surface area contributed by atoms with E-state index in [1.165, 1.54) is 12.0 Å². The first-order valence-corrected chi connectivity index (χ1v) is 15.6. The van der Waals surface area contributed by atoms with Crippen LogP contribution in [0.4, 0.5) is 31.1 Å². The second-order valence-corrected chi connectivity index (χ2v) is 13.5. The average molecular weight is 674 g/mol. The number of cyclic esters (lactones) is 1. The van der Waals surface area contributed by atoms with Gasteiger partial charge in [0.25, 0.3) is 0 Å². The highest BCUT2D eigenvalue weighted by Gasteiger charge is 2.44. The second kappa shape index (κ2) is 12.6. The van der Waals surface area contributed by atoms with E-state index in [0.717, 1.165) is 45.4 Å². The molecule has 0 N–H and O–H groups in total. The van der Waals surface area contributed by atoms with Gasteiger partial charge in [0.05, 0.1) is 29.8 Å². The Morgan fingerprint density at radius 3 is 2.15 bits per heavy atom. The number of aryl methyl sites for hydroxylation is 2. The summed E-state index contributed by atoms with van der Waals surface area (Å²) in [5.74, 6) is -0.430. The predicted molar refractivity (Wildman–Crippen MR) is 169 cm³/mol. The summed E-state index contributed by atoms with van der Waals surface area (Å²) < 4.78 is 91.9. The summed E-state index contributed by atoms with van der Waals surface area (Å²) in [7, 11) is 1.33. The van der Waals surface area contributed by atoms with Gasteiger partial charge in [-0.1, -0.05) is 32.0 Å². The number of hydrogen-bond acceptors (Lipinski definition) is 4. The Bertz CT molecular complexity index is 1760. The highest BCUT2D eigenvalue weighted by atomic mass is 19.4. The summed E-state index contributed by atoms with van der Waals surface area (Å²) in [5, 5.41) is 0. The smallest absolute Gasteiger partial charge is 0.416 e. The lowest BCUT2D eigenvalue weighted by Gasteiger charge is -2.35. The Hall–Kier alpha value is -4.28. The minimum Gasteiger partial charge on any atom is -0.465 e. The monoisotopic (exact) mass is 673 g/mol. The largest absolute Gasteiger partial charge is 0.465 e. The molecule has 1 fully saturated rings. The molecule has 1 heterocycles. The predicted octanol–water partition coefficient (Wildman–Crippen LogP) is 10.3. The normalized spacial score (nSPS) is 19.8. The van der Waals surface area contributed by atoms with E-state index in [-0.39, 0.29) is 23.6 Å². The lowest BCUT2D eigenvalue weighted by atomic mass is 9.72. The summed E-state index contributed by atoms with van der Waals surface area (Å²) in [5.41, 5.74) is 3.79. The van der Waals surface area contributed by atoms with Crippen LogP contribution in [0.15, 0.2) is 60.2 Å². The Balaban J connectivity index is 1.52. The van der Waals surface area contributed by atoms with Gasteiger partial charge in [-0.05, 0) is 126 Å². The zero-order valence-corrected chi connectivity index (χ0v) is 27.5. The standard InChI is InChI=1S/C37H37F6NO4/c1-20-7-8-23(16-31(20)29-10-9-24(13-21(29)2)33(45)47-6)30-11-12-35(4,5)18-26(30)19-44-22(3)32(48-34(44)46)25-14-27(36(38,39)40)17-28(15-25)37(41,42)43/h7-10,13-17,22,32H,11-12,18-19H2,1-6H3/t22-,32-/m0/s1. The highest BCUT2D eigenvalue weighted by Crippen LogP contribution is 2.46. The molecule has 1 aliphatic heterocycles. The molecule has 5 rings (SSSR count). The van der Waals surface area contributed by atoms with Crippen molar-refractivity contribution in [3.8, 4) is 11.1 Å². The van der Waals surface area contributed by atoms with Crippen LogP contribution in [0.3, 0.4) is 0 Å². The van der Waals surface area contributed by atoms with Gasteiger partial charge in [0.15, 0.2) is 0 Å². The molecule has 2 aliphatic rings. The molecule has 0 unspecified atom stereocenters. The van der Waals surface area contributed by atoms with Crippen LogP contribution in [0.1, 0.15) is 89.9 Å². The van der Waals surface area contributed by atoms with E-state index in [1.54, 1.807) is 19.1 Å². The fraction of sp³-hybridized carbons (Fsp3) is 0.405. The van der Waals surface area contributed by atoms with Crippen molar-refractivity contribution in [2.45, 2.75) is 78.4 Å². The number of carbonyl (C=O) groups is 2. The van der Waals surface area contributed by atoms with Crippen LogP contribution in [0.2, 0.25) is 0 Å². The molecule has 48 heavy (non-hydrogen) atoms. The number of carbonyl (C=O) groups excluding carboxylic acids is 2. The molecule has 0 bridgehead atoms. The zero-order chi connectivity index (χ0) is 35.3. The highest BCUT2D eigenvalue weighted by molar-refractivity contribution is 5.91. The number of esters is 1. The van der Waals surface area contributed by atoms with E-state index in [1.807, 2.05) is 32.0 Å². The number of methoxy groups -OCH3 is 1. The van der Waals surface area contributed by atoms with Gasteiger partial charge in [-0.3, -0.25) is 4.90 Å². The molecule has 3 aromatic rings. The van der Waals surface area contributed by atoms with E-state index in [2.05, 4.69) is 19.9 Å². The number of rotatable bonds is 6. The minimum absolute atomic E-state index is 0.0642. The molecular formula is C37H37F6NO4. The lowest BCUT2D eigenvalue weighted by molar-refractivity contribution is -0.143. The third kappa shape index (κ3) is 7.10. The number of ether oxygens (including phenoxy) is 2. The first-order chi connectivity index (χ1) is 22.3. The number of allylic oxidation sites excluding steroid dienone is 1. The van der Waals surface area contributed by atoms with Crippen LogP contribution >= 0.6 is 0 Å². The third-order valence-electron chi connectivity index (χ3n) is 9.39. The van der Waals surface area contributed by atoms with Gasteiger partial charge in [-0.2, -0.15) is 26.3 Å². The molecule has 1 saturated heterocycles. The van der Waals surface area contributed by atoms with Gasteiger partial charge < -0.3 is 9.47 Å². The van der Waals surface area contributed by atoms with Gasteiger partial charge in [0.2, 0.25) is 0 Å².